The van der Waals surface area contributed by atoms with Gasteiger partial charge in [0, 0.05) is 17.8 Å². The van der Waals surface area contributed by atoms with Crippen molar-refractivity contribution in [2.45, 2.75) is 26.3 Å². The zero-order chi connectivity index (χ0) is 10.8. The molecule has 1 aliphatic heterocycles. The van der Waals surface area contributed by atoms with Crippen LogP contribution in [-0.2, 0) is 6.54 Å². The van der Waals surface area contributed by atoms with Gasteiger partial charge in [0.05, 0.1) is 0 Å². The smallest absolute Gasteiger partial charge is 0.310 e. The molecule has 0 aliphatic carbocycles. The van der Waals surface area contributed by atoms with Gasteiger partial charge in [-0.1, -0.05) is 0 Å². The van der Waals surface area contributed by atoms with Crippen molar-refractivity contribution >= 4 is 0 Å². The maximum absolute atomic E-state index is 11.3. The van der Waals surface area contributed by atoms with Gasteiger partial charge in [0.2, 0.25) is 0 Å². The van der Waals surface area contributed by atoms with Crippen LogP contribution >= 0.6 is 0 Å². The molecule has 1 fully saturated rings. The number of hydrogen-bond acceptors (Lipinski definition) is 3. The SMILES string of the molecule is Cc1c(CN2CCCC2)[nH]c(=O)[nH]c1=O. The van der Waals surface area contributed by atoms with Crippen LogP contribution in [0.3, 0.4) is 0 Å². The largest absolute Gasteiger partial charge is 0.325 e. The van der Waals surface area contributed by atoms with E-state index < -0.39 is 5.69 Å². The van der Waals surface area contributed by atoms with E-state index in [-0.39, 0.29) is 5.56 Å². The average Bonchev–Trinajstić information content (AvgIpc) is 2.66. The summed E-state index contributed by atoms with van der Waals surface area (Å²) in [5.74, 6) is 0. The zero-order valence-electron chi connectivity index (χ0n) is 8.80. The van der Waals surface area contributed by atoms with Crippen molar-refractivity contribution in [3.8, 4) is 0 Å². The molecular formula is C10H15N3O2. The van der Waals surface area contributed by atoms with E-state index in [4.69, 9.17) is 0 Å². The van der Waals surface area contributed by atoms with Gasteiger partial charge >= 0.3 is 5.69 Å². The normalized spacial score (nSPS) is 17.1. The van der Waals surface area contributed by atoms with Crippen molar-refractivity contribution in [3.05, 3.63) is 32.1 Å². The summed E-state index contributed by atoms with van der Waals surface area (Å²) in [6.45, 7) is 4.51. The van der Waals surface area contributed by atoms with E-state index >= 15 is 0 Å². The lowest BCUT2D eigenvalue weighted by Crippen LogP contribution is -2.29. The van der Waals surface area contributed by atoms with Gasteiger partial charge in [0.25, 0.3) is 5.56 Å². The number of likely N-dealkylation sites (tertiary alicyclic amines) is 1. The third-order valence-corrected chi connectivity index (χ3v) is 2.87. The zero-order valence-corrected chi connectivity index (χ0v) is 8.80. The van der Waals surface area contributed by atoms with Crippen LogP contribution in [0, 0.1) is 6.92 Å². The Morgan fingerprint density at radius 3 is 2.53 bits per heavy atom. The van der Waals surface area contributed by atoms with Crippen LogP contribution in [0.4, 0.5) is 0 Å². The van der Waals surface area contributed by atoms with E-state index in [1.807, 2.05) is 0 Å². The Bertz CT molecular complexity index is 454. The van der Waals surface area contributed by atoms with Gasteiger partial charge in [-0.2, -0.15) is 0 Å². The Morgan fingerprint density at radius 2 is 1.87 bits per heavy atom. The fourth-order valence-electron chi connectivity index (χ4n) is 1.92. The lowest BCUT2D eigenvalue weighted by molar-refractivity contribution is 0.325. The second kappa shape index (κ2) is 4.02. The summed E-state index contributed by atoms with van der Waals surface area (Å²) in [5, 5.41) is 0. The molecule has 1 aliphatic rings. The topological polar surface area (TPSA) is 69.0 Å². The minimum absolute atomic E-state index is 0.284. The molecule has 0 amide bonds. The van der Waals surface area contributed by atoms with Crippen LogP contribution in [0.25, 0.3) is 0 Å². The summed E-state index contributed by atoms with van der Waals surface area (Å²) in [6, 6.07) is 0. The molecule has 2 rings (SSSR count). The standard InChI is InChI=1S/C10H15N3O2/c1-7-8(6-13-4-2-3-5-13)11-10(15)12-9(7)14/h2-6H2,1H3,(H2,11,12,14,15). The highest BCUT2D eigenvalue weighted by Crippen LogP contribution is 2.11. The van der Waals surface area contributed by atoms with Gasteiger partial charge < -0.3 is 4.98 Å². The first-order valence-corrected chi connectivity index (χ1v) is 5.21. The van der Waals surface area contributed by atoms with E-state index in [9.17, 15) is 9.59 Å². The fraction of sp³-hybridized carbons (Fsp3) is 0.600. The van der Waals surface area contributed by atoms with Gasteiger partial charge in [0.1, 0.15) is 0 Å². The summed E-state index contributed by atoms with van der Waals surface area (Å²) in [4.78, 5) is 29.6. The van der Waals surface area contributed by atoms with Gasteiger partial charge in [0.15, 0.2) is 0 Å². The number of nitrogens with one attached hydrogen (secondary N) is 2. The molecule has 1 saturated heterocycles. The highest BCUT2D eigenvalue weighted by molar-refractivity contribution is 5.13. The summed E-state index contributed by atoms with van der Waals surface area (Å²) in [5.41, 5.74) is 0.653. The van der Waals surface area contributed by atoms with E-state index in [0.29, 0.717) is 12.1 Å². The molecule has 0 atom stereocenters. The molecule has 0 bridgehead atoms. The van der Waals surface area contributed by atoms with Crippen LogP contribution in [0.2, 0.25) is 0 Å². The summed E-state index contributed by atoms with van der Waals surface area (Å²) < 4.78 is 0. The van der Waals surface area contributed by atoms with Crippen LogP contribution in [0.15, 0.2) is 9.59 Å². The molecule has 82 valence electrons. The Balaban J connectivity index is 2.27. The Labute approximate surface area is 87.1 Å². The maximum atomic E-state index is 11.3. The molecule has 0 radical (unpaired) electrons. The summed E-state index contributed by atoms with van der Waals surface area (Å²) >= 11 is 0. The van der Waals surface area contributed by atoms with Crippen molar-refractivity contribution in [2.24, 2.45) is 0 Å². The third-order valence-electron chi connectivity index (χ3n) is 2.87. The van der Waals surface area contributed by atoms with Gasteiger partial charge in [-0.25, -0.2) is 4.79 Å². The Morgan fingerprint density at radius 1 is 1.20 bits per heavy atom. The molecule has 0 saturated carbocycles. The molecule has 2 heterocycles. The molecule has 15 heavy (non-hydrogen) atoms. The van der Waals surface area contributed by atoms with E-state index in [0.717, 1.165) is 18.8 Å². The summed E-state index contributed by atoms with van der Waals surface area (Å²) in [6.07, 6.45) is 2.40. The van der Waals surface area contributed by atoms with Gasteiger partial charge in [-0.3, -0.25) is 14.7 Å². The minimum atomic E-state index is -0.417. The predicted octanol–water partition coefficient (Wildman–Crippen LogP) is -0.0326. The van der Waals surface area contributed by atoms with Crippen molar-refractivity contribution in [3.63, 3.8) is 0 Å². The van der Waals surface area contributed by atoms with Crippen molar-refractivity contribution < 1.29 is 0 Å². The van der Waals surface area contributed by atoms with Crippen LogP contribution in [0.1, 0.15) is 24.1 Å². The number of aromatic nitrogens is 2. The Kier molecular flexibility index (Phi) is 2.73. The highest BCUT2D eigenvalue weighted by Gasteiger charge is 2.14. The lowest BCUT2D eigenvalue weighted by atomic mass is 10.2. The molecule has 5 nitrogen and oxygen atoms in total. The second-order valence-electron chi connectivity index (χ2n) is 4.00. The lowest BCUT2D eigenvalue weighted by Gasteiger charge is -2.14. The molecular weight excluding hydrogens is 194 g/mol. The monoisotopic (exact) mass is 209 g/mol. The van der Waals surface area contributed by atoms with Crippen molar-refractivity contribution in [2.75, 3.05) is 13.1 Å². The quantitative estimate of drug-likeness (QED) is 0.718. The van der Waals surface area contributed by atoms with Crippen molar-refractivity contribution in [1.29, 1.82) is 0 Å². The van der Waals surface area contributed by atoms with Gasteiger partial charge in [-0.05, 0) is 32.9 Å². The molecule has 0 aromatic carbocycles. The number of aromatic amines is 2. The van der Waals surface area contributed by atoms with E-state index in [1.165, 1.54) is 12.8 Å². The number of H-pyrrole nitrogens is 2. The molecule has 0 spiro atoms. The maximum Gasteiger partial charge on any atom is 0.325 e. The fourth-order valence-corrected chi connectivity index (χ4v) is 1.92. The number of hydrogen-bond donors (Lipinski definition) is 2. The Hall–Kier alpha value is -1.36. The number of rotatable bonds is 2. The second-order valence-corrected chi connectivity index (χ2v) is 4.00. The molecule has 2 N–H and O–H groups in total. The molecule has 5 heteroatoms. The van der Waals surface area contributed by atoms with E-state index in [1.54, 1.807) is 6.92 Å². The third kappa shape index (κ3) is 2.18. The van der Waals surface area contributed by atoms with Gasteiger partial charge in [-0.15, -0.1) is 0 Å². The molecule has 1 aromatic heterocycles. The number of nitrogens with zero attached hydrogens (tertiary/aromatic N) is 1. The molecule has 0 unspecified atom stereocenters. The predicted molar refractivity (Wildman–Crippen MR) is 56.9 cm³/mol. The average molecular weight is 209 g/mol. The molecule has 1 aromatic rings. The van der Waals surface area contributed by atoms with Crippen molar-refractivity contribution in [1.82, 2.24) is 14.9 Å². The minimum Gasteiger partial charge on any atom is -0.310 e. The first-order chi connectivity index (χ1) is 7.16. The van der Waals surface area contributed by atoms with Crippen LogP contribution < -0.4 is 11.2 Å². The van der Waals surface area contributed by atoms with Crippen LogP contribution in [-0.4, -0.2) is 28.0 Å². The summed E-state index contributed by atoms with van der Waals surface area (Å²) in [7, 11) is 0. The first-order valence-electron chi connectivity index (χ1n) is 5.21. The first kappa shape index (κ1) is 10.2. The van der Waals surface area contributed by atoms with Crippen LogP contribution in [0.5, 0.6) is 0 Å². The highest BCUT2D eigenvalue weighted by atomic mass is 16.2. The van der Waals surface area contributed by atoms with E-state index in [2.05, 4.69) is 14.9 Å².